The number of benzene rings is 1. The molecule has 1 aromatic carbocycles. The predicted octanol–water partition coefficient (Wildman–Crippen LogP) is 3.25. The molecule has 0 aromatic heterocycles. The van der Waals surface area contributed by atoms with Crippen LogP contribution in [-0.2, 0) is 4.74 Å². The van der Waals surface area contributed by atoms with Crippen LogP contribution in [0.4, 0.5) is 5.69 Å². The molecule has 1 aliphatic heterocycles. The van der Waals surface area contributed by atoms with Gasteiger partial charge in [-0.3, -0.25) is 0 Å². The summed E-state index contributed by atoms with van der Waals surface area (Å²) in [4.78, 5) is 5.73. The lowest BCUT2D eigenvalue weighted by Gasteiger charge is -2.20. The molecular weight excluding hydrogens is 194 g/mol. The summed E-state index contributed by atoms with van der Waals surface area (Å²) in [6.07, 6.45) is 0. The zero-order chi connectivity index (χ0) is 9.97. The van der Waals surface area contributed by atoms with E-state index in [9.17, 15) is 0 Å². The number of hydrogen-bond acceptors (Lipinski definition) is 3. The van der Waals surface area contributed by atoms with Crippen molar-refractivity contribution in [2.75, 3.05) is 6.61 Å². The zero-order valence-corrected chi connectivity index (χ0v) is 9.17. The van der Waals surface area contributed by atoms with Crippen molar-refractivity contribution in [2.45, 2.75) is 24.0 Å². The molecule has 74 valence electrons. The summed E-state index contributed by atoms with van der Waals surface area (Å²) >= 11 is 1.80. The van der Waals surface area contributed by atoms with E-state index in [1.165, 1.54) is 4.90 Å². The van der Waals surface area contributed by atoms with Gasteiger partial charge in [0.25, 0.3) is 0 Å². The molecule has 0 saturated carbocycles. The minimum Gasteiger partial charge on any atom is -0.480 e. The highest BCUT2D eigenvalue weighted by molar-refractivity contribution is 8.00. The van der Waals surface area contributed by atoms with Crippen LogP contribution in [0.1, 0.15) is 13.8 Å². The highest BCUT2D eigenvalue weighted by atomic mass is 32.2. The molecule has 2 nitrogen and oxygen atoms in total. The second kappa shape index (κ2) is 4.05. The first-order valence-electron chi connectivity index (χ1n) is 4.78. The summed E-state index contributed by atoms with van der Waals surface area (Å²) in [6, 6.07) is 8.16. The van der Waals surface area contributed by atoms with Crippen LogP contribution in [0.15, 0.2) is 34.2 Å². The lowest BCUT2D eigenvalue weighted by atomic mass is 10.3. The zero-order valence-electron chi connectivity index (χ0n) is 8.36. The highest BCUT2D eigenvalue weighted by Crippen LogP contribution is 2.37. The van der Waals surface area contributed by atoms with E-state index < -0.39 is 0 Å². The summed E-state index contributed by atoms with van der Waals surface area (Å²) in [7, 11) is 0. The van der Waals surface area contributed by atoms with Crippen molar-refractivity contribution in [3.8, 4) is 0 Å². The Kier molecular flexibility index (Phi) is 2.77. The number of rotatable bonds is 1. The summed E-state index contributed by atoms with van der Waals surface area (Å²) in [5.74, 6) is 0.844. The Morgan fingerprint density at radius 1 is 1.43 bits per heavy atom. The number of hydrogen-bond donors (Lipinski definition) is 0. The van der Waals surface area contributed by atoms with E-state index in [-0.39, 0.29) is 0 Å². The van der Waals surface area contributed by atoms with Crippen molar-refractivity contribution >= 4 is 23.3 Å². The van der Waals surface area contributed by atoms with Gasteiger partial charge in [0.2, 0.25) is 5.90 Å². The van der Waals surface area contributed by atoms with Crippen molar-refractivity contribution in [1.82, 2.24) is 0 Å². The number of para-hydroxylation sites is 1. The average molecular weight is 207 g/mol. The molecule has 2 rings (SSSR count). The highest BCUT2D eigenvalue weighted by Gasteiger charge is 2.20. The number of aliphatic imine (C=N–C) groups is 1. The SMILES string of the molecule is CCOC1=Nc2ccccc2SC1C. The monoisotopic (exact) mass is 207 g/mol. The molecule has 1 unspecified atom stereocenters. The van der Waals surface area contributed by atoms with Gasteiger partial charge in [-0.1, -0.05) is 12.1 Å². The molecule has 0 spiro atoms. The van der Waals surface area contributed by atoms with Crippen LogP contribution in [0.3, 0.4) is 0 Å². The Balaban J connectivity index is 2.34. The minimum atomic E-state index is 0.324. The van der Waals surface area contributed by atoms with Gasteiger partial charge < -0.3 is 4.74 Å². The van der Waals surface area contributed by atoms with Crippen LogP contribution in [0.5, 0.6) is 0 Å². The van der Waals surface area contributed by atoms with Crippen LogP contribution in [0.25, 0.3) is 0 Å². The molecule has 1 aromatic rings. The van der Waals surface area contributed by atoms with Crippen LogP contribution >= 0.6 is 11.8 Å². The first-order valence-corrected chi connectivity index (χ1v) is 5.66. The molecule has 0 fully saturated rings. The Morgan fingerprint density at radius 2 is 2.21 bits per heavy atom. The molecule has 0 amide bonds. The van der Waals surface area contributed by atoms with E-state index >= 15 is 0 Å². The van der Waals surface area contributed by atoms with Crippen molar-refractivity contribution in [3.63, 3.8) is 0 Å². The average Bonchev–Trinajstić information content (AvgIpc) is 2.19. The second-order valence-electron chi connectivity index (χ2n) is 3.11. The largest absolute Gasteiger partial charge is 0.480 e. The van der Waals surface area contributed by atoms with Gasteiger partial charge in [0.15, 0.2) is 0 Å². The predicted molar refractivity (Wildman–Crippen MR) is 60.5 cm³/mol. The van der Waals surface area contributed by atoms with Crippen molar-refractivity contribution in [2.24, 2.45) is 4.99 Å². The molecule has 0 N–H and O–H groups in total. The van der Waals surface area contributed by atoms with Gasteiger partial charge in [0.05, 0.1) is 17.5 Å². The van der Waals surface area contributed by atoms with E-state index in [0.717, 1.165) is 11.6 Å². The third-order valence-corrected chi connectivity index (χ3v) is 3.19. The fourth-order valence-electron chi connectivity index (χ4n) is 1.40. The first kappa shape index (κ1) is 9.59. The Labute approximate surface area is 88.4 Å². The van der Waals surface area contributed by atoms with Gasteiger partial charge in [-0.05, 0) is 26.0 Å². The maximum Gasteiger partial charge on any atom is 0.202 e. The van der Waals surface area contributed by atoms with Crippen molar-refractivity contribution in [1.29, 1.82) is 0 Å². The normalized spacial score (nSPS) is 19.9. The molecule has 1 atom stereocenters. The van der Waals surface area contributed by atoms with Gasteiger partial charge in [-0.2, -0.15) is 0 Å². The molecule has 1 heterocycles. The number of ether oxygens (including phenoxy) is 1. The topological polar surface area (TPSA) is 21.6 Å². The van der Waals surface area contributed by atoms with Crippen LogP contribution in [0, 0.1) is 0 Å². The van der Waals surface area contributed by atoms with Gasteiger partial charge in [0.1, 0.15) is 0 Å². The minimum absolute atomic E-state index is 0.324. The van der Waals surface area contributed by atoms with E-state index in [2.05, 4.69) is 18.0 Å². The summed E-state index contributed by atoms with van der Waals surface area (Å²) < 4.78 is 5.48. The summed E-state index contributed by atoms with van der Waals surface area (Å²) in [6.45, 7) is 4.79. The maximum atomic E-state index is 5.48. The second-order valence-corrected chi connectivity index (χ2v) is 4.49. The van der Waals surface area contributed by atoms with Gasteiger partial charge in [-0.25, -0.2) is 4.99 Å². The standard InChI is InChI=1S/C11H13NOS/c1-3-13-11-8(2)14-10-7-5-4-6-9(10)12-11/h4-8H,3H2,1-2H3. The summed E-state index contributed by atoms with van der Waals surface area (Å²) in [5, 5.41) is 0.324. The smallest absolute Gasteiger partial charge is 0.202 e. The van der Waals surface area contributed by atoms with Crippen LogP contribution < -0.4 is 0 Å². The summed E-state index contributed by atoms with van der Waals surface area (Å²) in [5.41, 5.74) is 1.03. The third-order valence-electron chi connectivity index (χ3n) is 2.04. The number of thioether (sulfide) groups is 1. The Hall–Kier alpha value is -0.960. The molecule has 0 bridgehead atoms. The molecule has 0 saturated heterocycles. The maximum absolute atomic E-state index is 5.48. The molecule has 14 heavy (non-hydrogen) atoms. The van der Waals surface area contributed by atoms with Gasteiger partial charge in [0, 0.05) is 4.90 Å². The van der Waals surface area contributed by atoms with Crippen LogP contribution in [-0.4, -0.2) is 17.8 Å². The number of nitrogens with zero attached hydrogens (tertiary/aromatic N) is 1. The first-order chi connectivity index (χ1) is 6.81. The van der Waals surface area contributed by atoms with E-state index in [0.29, 0.717) is 11.9 Å². The molecule has 1 aliphatic rings. The molecule has 0 aliphatic carbocycles. The molecular formula is C11H13NOS. The van der Waals surface area contributed by atoms with E-state index in [1.807, 2.05) is 25.1 Å². The third kappa shape index (κ3) is 1.77. The lowest BCUT2D eigenvalue weighted by molar-refractivity contribution is 0.320. The van der Waals surface area contributed by atoms with E-state index in [4.69, 9.17) is 4.74 Å². The number of fused-ring (bicyclic) bond motifs is 1. The molecule has 3 heteroatoms. The Bertz CT molecular complexity index is 362. The fraction of sp³-hybridized carbons (Fsp3) is 0.364. The van der Waals surface area contributed by atoms with Crippen LogP contribution in [0.2, 0.25) is 0 Å². The Morgan fingerprint density at radius 3 is 3.00 bits per heavy atom. The van der Waals surface area contributed by atoms with Gasteiger partial charge in [-0.15, -0.1) is 11.8 Å². The molecule has 0 radical (unpaired) electrons. The van der Waals surface area contributed by atoms with Gasteiger partial charge >= 0.3 is 0 Å². The lowest BCUT2D eigenvalue weighted by Crippen LogP contribution is -2.19. The van der Waals surface area contributed by atoms with E-state index in [1.54, 1.807) is 11.8 Å². The van der Waals surface area contributed by atoms with Crippen molar-refractivity contribution < 1.29 is 4.74 Å². The fourth-order valence-corrected chi connectivity index (χ4v) is 2.39. The quantitative estimate of drug-likeness (QED) is 0.705. The van der Waals surface area contributed by atoms with Crippen molar-refractivity contribution in [3.05, 3.63) is 24.3 Å².